The van der Waals surface area contributed by atoms with E-state index in [1.54, 1.807) is 12.5 Å². The highest BCUT2D eigenvalue weighted by atomic mass is 35.5. The highest BCUT2D eigenvalue weighted by molar-refractivity contribution is 6.32. The van der Waals surface area contributed by atoms with Gasteiger partial charge in [0.1, 0.15) is 0 Å². The van der Waals surface area contributed by atoms with Crippen LogP contribution in [0.1, 0.15) is 28.4 Å². The fourth-order valence-electron chi connectivity index (χ4n) is 2.44. The molecule has 4 nitrogen and oxygen atoms in total. The lowest BCUT2D eigenvalue weighted by Crippen LogP contribution is -2.08. The van der Waals surface area contributed by atoms with Gasteiger partial charge in [0.2, 0.25) is 0 Å². The van der Waals surface area contributed by atoms with Crippen LogP contribution in [0.5, 0.6) is 0 Å². The minimum atomic E-state index is 0.0802. The Kier molecular flexibility index (Phi) is 3.97. The zero-order valence-corrected chi connectivity index (χ0v) is 12.4. The average Bonchev–Trinajstić information content (AvgIpc) is 3.03. The van der Waals surface area contributed by atoms with E-state index in [0.717, 1.165) is 34.0 Å². The summed E-state index contributed by atoms with van der Waals surface area (Å²) in [6, 6.07) is 9.95. The SMILES string of the molecule is Cc1cccc([C@@H](Cc2cccnn2)c2cnc[nH]2)c1Cl. The van der Waals surface area contributed by atoms with Crippen molar-refractivity contribution in [3.63, 3.8) is 0 Å². The van der Waals surface area contributed by atoms with Gasteiger partial charge in [0.15, 0.2) is 0 Å². The molecule has 3 aromatic rings. The molecule has 1 atom stereocenters. The summed E-state index contributed by atoms with van der Waals surface area (Å²) in [5.41, 5.74) is 4.09. The van der Waals surface area contributed by atoms with Crippen LogP contribution >= 0.6 is 11.6 Å². The first kappa shape index (κ1) is 13.8. The molecule has 21 heavy (non-hydrogen) atoms. The molecular weight excluding hydrogens is 284 g/mol. The summed E-state index contributed by atoms with van der Waals surface area (Å²) >= 11 is 6.50. The number of aromatic amines is 1. The maximum Gasteiger partial charge on any atom is 0.0921 e. The van der Waals surface area contributed by atoms with Gasteiger partial charge in [-0.15, -0.1) is 0 Å². The Morgan fingerprint density at radius 3 is 2.86 bits per heavy atom. The standard InChI is InChI=1S/C16H15ClN4/c1-11-4-2-6-13(16(11)17)14(15-9-18-10-19-15)8-12-5-3-7-20-21-12/h2-7,9-10,14H,8H2,1H3,(H,18,19)/t14-/m1/s1. The molecule has 0 spiro atoms. The first-order chi connectivity index (χ1) is 10.3. The summed E-state index contributed by atoms with van der Waals surface area (Å²) < 4.78 is 0. The second-order valence-corrected chi connectivity index (χ2v) is 5.33. The van der Waals surface area contributed by atoms with Crippen LogP contribution in [0.2, 0.25) is 5.02 Å². The van der Waals surface area contributed by atoms with Crippen LogP contribution in [-0.4, -0.2) is 20.2 Å². The second-order valence-electron chi connectivity index (χ2n) is 4.96. The number of halogens is 1. The molecular formula is C16H15ClN4. The minimum absolute atomic E-state index is 0.0802. The van der Waals surface area contributed by atoms with Crippen LogP contribution in [0.25, 0.3) is 0 Å². The summed E-state index contributed by atoms with van der Waals surface area (Å²) in [7, 11) is 0. The lowest BCUT2D eigenvalue weighted by atomic mass is 9.90. The van der Waals surface area contributed by atoms with Crippen molar-refractivity contribution < 1.29 is 0 Å². The van der Waals surface area contributed by atoms with Crippen molar-refractivity contribution in [1.82, 2.24) is 20.2 Å². The third kappa shape index (κ3) is 2.95. The lowest BCUT2D eigenvalue weighted by Gasteiger charge is -2.18. The molecule has 0 bridgehead atoms. The Balaban J connectivity index is 2.03. The fraction of sp³-hybridized carbons (Fsp3) is 0.188. The van der Waals surface area contributed by atoms with Crippen LogP contribution in [0.3, 0.4) is 0 Å². The maximum atomic E-state index is 6.50. The van der Waals surface area contributed by atoms with Gasteiger partial charge in [0.25, 0.3) is 0 Å². The zero-order valence-electron chi connectivity index (χ0n) is 11.6. The minimum Gasteiger partial charge on any atom is -0.348 e. The predicted octanol–water partition coefficient (Wildman–Crippen LogP) is 3.54. The number of nitrogens with one attached hydrogen (secondary N) is 1. The summed E-state index contributed by atoms with van der Waals surface area (Å²) in [6.07, 6.45) is 5.91. The Labute approximate surface area is 128 Å². The molecule has 0 amide bonds. The molecule has 0 unspecified atom stereocenters. The third-order valence-electron chi connectivity index (χ3n) is 3.53. The quantitative estimate of drug-likeness (QED) is 0.801. The molecule has 2 aromatic heterocycles. The van der Waals surface area contributed by atoms with Crippen LogP contribution in [0.4, 0.5) is 0 Å². The summed E-state index contributed by atoms with van der Waals surface area (Å²) in [5, 5.41) is 8.92. The van der Waals surface area contributed by atoms with Crippen molar-refractivity contribution in [3.8, 4) is 0 Å². The predicted molar refractivity (Wildman–Crippen MR) is 82.4 cm³/mol. The highest BCUT2D eigenvalue weighted by Gasteiger charge is 2.20. The molecule has 0 aliphatic heterocycles. The molecule has 0 fully saturated rings. The molecule has 2 heterocycles. The number of hydrogen-bond donors (Lipinski definition) is 1. The Morgan fingerprint density at radius 2 is 2.14 bits per heavy atom. The van der Waals surface area contributed by atoms with Crippen LogP contribution in [0, 0.1) is 6.92 Å². The topological polar surface area (TPSA) is 54.5 Å². The summed E-state index contributed by atoms with van der Waals surface area (Å²) in [4.78, 5) is 7.31. The first-order valence-corrected chi connectivity index (χ1v) is 7.13. The van der Waals surface area contributed by atoms with Gasteiger partial charge in [-0.1, -0.05) is 29.8 Å². The molecule has 0 aliphatic carbocycles. The molecule has 0 saturated heterocycles. The number of H-pyrrole nitrogens is 1. The molecule has 106 valence electrons. The second kappa shape index (κ2) is 6.06. The lowest BCUT2D eigenvalue weighted by molar-refractivity contribution is 0.744. The van der Waals surface area contributed by atoms with E-state index in [4.69, 9.17) is 11.6 Å². The summed E-state index contributed by atoms with van der Waals surface area (Å²) in [5.74, 6) is 0.0802. The number of rotatable bonds is 4. The number of nitrogens with zero attached hydrogens (tertiary/aromatic N) is 3. The van der Waals surface area contributed by atoms with Crippen molar-refractivity contribution in [2.45, 2.75) is 19.3 Å². The van der Waals surface area contributed by atoms with E-state index in [9.17, 15) is 0 Å². The third-order valence-corrected chi connectivity index (χ3v) is 4.05. The normalized spacial score (nSPS) is 12.3. The molecule has 1 N–H and O–H groups in total. The van der Waals surface area contributed by atoms with Crippen molar-refractivity contribution in [1.29, 1.82) is 0 Å². The van der Waals surface area contributed by atoms with E-state index in [2.05, 4.69) is 26.2 Å². The van der Waals surface area contributed by atoms with E-state index in [1.807, 2.05) is 37.4 Å². The van der Waals surface area contributed by atoms with Crippen molar-refractivity contribution in [2.75, 3.05) is 0 Å². The monoisotopic (exact) mass is 298 g/mol. The van der Waals surface area contributed by atoms with Gasteiger partial charge in [0, 0.05) is 35.4 Å². The van der Waals surface area contributed by atoms with Crippen LogP contribution < -0.4 is 0 Å². The number of imidazole rings is 1. The molecule has 3 rings (SSSR count). The van der Waals surface area contributed by atoms with Gasteiger partial charge in [-0.3, -0.25) is 0 Å². The van der Waals surface area contributed by atoms with Crippen LogP contribution in [0.15, 0.2) is 49.1 Å². The van der Waals surface area contributed by atoms with E-state index in [-0.39, 0.29) is 5.92 Å². The van der Waals surface area contributed by atoms with E-state index >= 15 is 0 Å². The van der Waals surface area contributed by atoms with Crippen molar-refractivity contribution >= 4 is 11.6 Å². The zero-order chi connectivity index (χ0) is 14.7. The largest absolute Gasteiger partial charge is 0.348 e. The van der Waals surface area contributed by atoms with E-state index in [1.165, 1.54) is 0 Å². The molecule has 0 saturated carbocycles. The average molecular weight is 299 g/mol. The van der Waals surface area contributed by atoms with Gasteiger partial charge in [-0.25, -0.2) is 4.98 Å². The number of hydrogen-bond acceptors (Lipinski definition) is 3. The molecule has 5 heteroatoms. The number of aromatic nitrogens is 4. The van der Waals surface area contributed by atoms with E-state index in [0.29, 0.717) is 0 Å². The molecule has 1 aromatic carbocycles. The van der Waals surface area contributed by atoms with Gasteiger partial charge >= 0.3 is 0 Å². The van der Waals surface area contributed by atoms with Crippen molar-refractivity contribution in [3.05, 3.63) is 76.6 Å². The van der Waals surface area contributed by atoms with Crippen molar-refractivity contribution in [2.24, 2.45) is 0 Å². The van der Waals surface area contributed by atoms with Gasteiger partial charge in [-0.05, 0) is 30.2 Å². The Bertz CT molecular complexity index is 710. The smallest absolute Gasteiger partial charge is 0.0921 e. The fourth-order valence-corrected chi connectivity index (χ4v) is 2.69. The van der Waals surface area contributed by atoms with Gasteiger partial charge < -0.3 is 4.98 Å². The number of benzene rings is 1. The van der Waals surface area contributed by atoms with Crippen LogP contribution in [-0.2, 0) is 6.42 Å². The summed E-state index contributed by atoms with van der Waals surface area (Å²) in [6.45, 7) is 2.01. The Morgan fingerprint density at radius 1 is 1.24 bits per heavy atom. The Hall–Kier alpha value is -2.20. The maximum absolute atomic E-state index is 6.50. The van der Waals surface area contributed by atoms with Gasteiger partial charge in [0.05, 0.1) is 12.0 Å². The van der Waals surface area contributed by atoms with E-state index < -0.39 is 0 Å². The molecule has 0 aliphatic rings. The van der Waals surface area contributed by atoms with Gasteiger partial charge in [-0.2, -0.15) is 10.2 Å². The first-order valence-electron chi connectivity index (χ1n) is 6.75. The molecule has 0 radical (unpaired) electrons. The number of aryl methyl sites for hydroxylation is 1. The highest BCUT2D eigenvalue weighted by Crippen LogP contribution is 2.33.